The van der Waals surface area contributed by atoms with Gasteiger partial charge in [-0.2, -0.15) is 0 Å². The van der Waals surface area contributed by atoms with E-state index in [4.69, 9.17) is 4.74 Å². The predicted octanol–water partition coefficient (Wildman–Crippen LogP) is 4.89. The van der Waals surface area contributed by atoms with Gasteiger partial charge >= 0.3 is 0 Å². The lowest BCUT2D eigenvalue weighted by Crippen LogP contribution is -2.23. The second kappa shape index (κ2) is 8.35. The van der Waals surface area contributed by atoms with E-state index < -0.39 is 0 Å². The zero-order chi connectivity index (χ0) is 14.9. The first-order valence-electron chi connectivity index (χ1n) is 7.76. The van der Waals surface area contributed by atoms with Crippen molar-refractivity contribution in [2.45, 2.75) is 32.7 Å². The average Bonchev–Trinajstić information content (AvgIpc) is 2.55. The van der Waals surface area contributed by atoms with Gasteiger partial charge in [-0.3, -0.25) is 0 Å². The van der Waals surface area contributed by atoms with Crippen LogP contribution in [0.1, 0.15) is 31.7 Å². The summed E-state index contributed by atoms with van der Waals surface area (Å²) >= 11 is 0. The molecule has 2 rings (SSSR count). The number of anilines is 1. The van der Waals surface area contributed by atoms with Crippen molar-refractivity contribution in [3.05, 3.63) is 60.2 Å². The van der Waals surface area contributed by atoms with Crippen LogP contribution in [0, 0.1) is 0 Å². The molecule has 2 aromatic carbocycles. The molecule has 0 atom stereocenters. The topological polar surface area (TPSA) is 12.5 Å². The number of nitrogens with zero attached hydrogens (tertiary/aromatic N) is 1. The van der Waals surface area contributed by atoms with Gasteiger partial charge in [0.1, 0.15) is 5.75 Å². The molecule has 0 aromatic heterocycles. The normalized spacial score (nSPS) is 10.4. The Morgan fingerprint density at radius 3 is 2.24 bits per heavy atom. The Morgan fingerprint density at radius 2 is 1.62 bits per heavy atom. The van der Waals surface area contributed by atoms with E-state index in [0.717, 1.165) is 18.8 Å². The summed E-state index contributed by atoms with van der Waals surface area (Å²) in [5.41, 5.74) is 2.61. The zero-order valence-corrected chi connectivity index (χ0v) is 13.1. The minimum atomic E-state index is 0.913. The quantitative estimate of drug-likeness (QED) is 0.639. The molecule has 0 aliphatic heterocycles. The third-order valence-electron chi connectivity index (χ3n) is 3.69. The first kappa shape index (κ1) is 15.4. The summed E-state index contributed by atoms with van der Waals surface area (Å²) in [6.07, 6.45) is 3.78. The molecule has 0 fully saturated rings. The second-order valence-electron chi connectivity index (χ2n) is 5.31. The lowest BCUT2D eigenvalue weighted by molar-refractivity contribution is 0.414. The van der Waals surface area contributed by atoms with Crippen molar-refractivity contribution in [3.63, 3.8) is 0 Å². The fourth-order valence-corrected chi connectivity index (χ4v) is 2.44. The zero-order valence-electron chi connectivity index (χ0n) is 13.1. The van der Waals surface area contributed by atoms with Crippen LogP contribution in [0.4, 0.5) is 5.69 Å². The minimum Gasteiger partial charge on any atom is -0.497 e. The Bertz CT molecular complexity index is 507. The van der Waals surface area contributed by atoms with Gasteiger partial charge in [0.25, 0.3) is 0 Å². The van der Waals surface area contributed by atoms with Gasteiger partial charge < -0.3 is 9.64 Å². The minimum absolute atomic E-state index is 0.913. The number of unbranched alkanes of at least 4 members (excludes halogenated alkanes) is 2. The van der Waals surface area contributed by atoms with Crippen molar-refractivity contribution in [1.29, 1.82) is 0 Å². The lowest BCUT2D eigenvalue weighted by Gasteiger charge is -2.25. The van der Waals surface area contributed by atoms with Gasteiger partial charge in [-0.05, 0) is 36.2 Å². The standard InChI is InChI=1S/C19H25NO/c1-3-4-8-15-20(18-9-6-5-7-10-18)16-17-11-13-19(21-2)14-12-17/h5-7,9-14H,3-4,8,15-16H2,1-2H3. The molecule has 2 nitrogen and oxygen atoms in total. The van der Waals surface area contributed by atoms with Crippen LogP contribution in [-0.2, 0) is 6.54 Å². The largest absolute Gasteiger partial charge is 0.497 e. The van der Waals surface area contributed by atoms with E-state index in [9.17, 15) is 0 Å². The lowest BCUT2D eigenvalue weighted by atomic mass is 10.1. The molecule has 0 aliphatic carbocycles. The molecule has 0 saturated carbocycles. The van der Waals surface area contributed by atoms with Gasteiger partial charge in [0.2, 0.25) is 0 Å². The molecule has 0 radical (unpaired) electrons. The molecule has 0 unspecified atom stereocenters. The molecule has 0 aliphatic rings. The maximum Gasteiger partial charge on any atom is 0.118 e. The van der Waals surface area contributed by atoms with Gasteiger partial charge in [-0.1, -0.05) is 50.1 Å². The monoisotopic (exact) mass is 283 g/mol. The van der Waals surface area contributed by atoms with Crippen LogP contribution in [0.3, 0.4) is 0 Å². The molecule has 0 saturated heterocycles. The number of benzene rings is 2. The van der Waals surface area contributed by atoms with Gasteiger partial charge in [0.15, 0.2) is 0 Å². The van der Waals surface area contributed by atoms with E-state index in [1.807, 2.05) is 12.1 Å². The van der Waals surface area contributed by atoms with E-state index in [1.54, 1.807) is 7.11 Å². The smallest absolute Gasteiger partial charge is 0.118 e. The SMILES string of the molecule is CCCCCN(Cc1ccc(OC)cc1)c1ccccc1. The average molecular weight is 283 g/mol. The van der Waals surface area contributed by atoms with Crippen LogP contribution >= 0.6 is 0 Å². The maximum absolute atomic E-state index is 5.22. The Kier molecular flexibility index (Phi) is 6.14. The maximum atomic E-state index is 5.22. The highest BCUT2D eigenvalue weighted by Gasteiger charge is 2.07. The van der Waals surface area contributed by atoms with E-state index in [-0.39, 0.29) is 0 Å². The molecule has 21 heavy (non-hydrogen) atoms. The molecule has 0 bridgehead atoms. The summed E-state index contributed by atoms with van der Waals surface area (Å²) in [7, 11) is 1.70. The second-order valence-corrected chi connectivity index (χ2v) is 5.31. The summed E-state index contributed by atoms with van der Waals surface area (Å²) in [5.74, 6) is 0.913. The first-order valence-corrected chi connectivity index (χ1v) is 7.76. The third-order valence-corrected chi connectivity index (χ3v) is 3.69. The van der Waals surface area contributed by atoms with Crippen molar-refractivity contribution < 1.29 is 4.74 Å². The van der Waals surface area contributed by atoms with E-state index in [2.05, 4.69) is 54.3 Å². The Morgan fingerprint density at radius 1 is 0.905 bits per heavy atom. The van der Waals surface area contributed by atoms with Crippen LogP contribution in [0.25, 0.3) is 0 Å². The van der Waals surface area contributed by atoms with Crippen molar-refractivity contribution in [3.8, 4) is 5.75 Å². The number of para-hydroxylation sites is 1. The van der Waals surface area contributed by atoms with E-state index in [0.29, 0.717) is 0 Å². The van der Waals surface area contributed by atoms with Crippen molar-refractivity contribution in [2.24, 2.45) is 0 Å². The predicted molar refractivity (Wildman–Crippen MR) is 90.0 cm³/mol. The number of methoxy groups -OCH3 is 1. The van der Waals surface area contributed by atoms with Crippen LogP contribution in [0.2, 0.25) is 0 Å². The molecular formula is C19H25NO. The fraction of sp³-hybridized carbons (Fsp3) is 0.368. The highest BCUT2D eigenvalue weighted by molar-refractivity contribution is 5.46. The molecule has 0 heterocycles. The van der Waals surface area contributed by atoms with Crippen LogP contribution in [0.15, 0.2) is 54.6 Å². The number of rotatable bonds is 8. The van der Waals surface area contributed by atoms with E-state index in [1.165, 1.54) is 30.5 Å². The number of ether oxygens (including phenoxy) is 1. The summed E-state index contributed by atoms with van der Waals surface area (Å²) in [6, 6.07) is 19.0. The molecule has 0 amide bonds. The highest BCUT2D eigenvalue weighted by Crippen LogP contribution is 2.19. The summed E-state index contributed by atoms with van der Waals surface area (Å²) in [6.45, 7) is 4.29. The number of hydrogen-bond donors (Lipinski definition) is 0. The Hall–Kier alpha value is -1.96. The summed E-state index contributed by atoms with van der Waals surface area (Å²) in [5, 5.41) is 0. The van der Waals surface area contributed by atoms with Gasteiger partial charge in [0, 0.05) is 18.8 Å². The Balaban J connectivity index is 2.07. The molecule has 2 aromatic rings. The third kappa shape index (κ3) is 4.82. The fourth-order valence-electron chi connectivity index (χ4n) is 2.44. The Labute approximate surface area is 128 Å². The van der Waals surface area contributed by atoms with Gasteiger partial charge in [-0.15, -0.1) is 0 Å². The molecule has 112 valence electrons. The van der Waals surface area contributed by atoms with Crippen molar-refractivity contribution in [1.82, 2.24) is 0 Å². The van der Waals surface area contributed by atoms with Crippen LogP contribution < -0.4 is 9.64 Å². The molecule has 0 spiro atoms. The molecule has 2 heteroatoms. The number of hydrogen-bond acceptors (Lipinski definition) is 2. The van der Waals surface area contributed by atoms with Crippen LogP contribution in [-0.4, -0.2) is 13.7 Å². The van der Waals surface area contributed by atoms with Crippen molar-refractivity contribution in [2.75, 3.05) is 18.6 Å². The summed E-state index contributed by atoms with van der Waals surface area (Å²) < 4.78 is 5.22. The highest BCUT2D eigenvalue weighted by atomic mass is 16.5. The van der Waals surface area contributed by atoms with Gasteiger partial charge in [-0.25, -0.2) is 0 Å². The molecular weight excluding hydrogens is 258 g/mol. The first-order chi connectivity index (χ1) is 10.3. The van der Waals surface area contributed by atoms with Crippen LogP contribution in [0.5, 0.6) is 5.75 Å². The van der Waals surface area contributed by atoms with Crippen molar-refractivity contribution >= 4 is 5.69 Å². The summed E-state index contributed by atoms with van der Waals surface area (Å²) in [4.78, 5) is 2.46. The van der Waals surface area contributed by atoms with Gasteiger partial charge in [0.05, 0.1) is 7.11 Å². The van der Waals surface area contributed by atoms with E-state index >= 15 is 0 Å². The molecule has 0 N–H and O–H groups in total.